The second-order valence-electron chi connectivity index (χ2n) is 7.91. The standard InChI is InChI=1S/C21H26N2O4S/c1-14-9-10-19-17(11-14)18(13-21(2,3)27-19)22-20(24)15-7-6-8-16(12-15)23(4)28(5,25)26/h6-12,18H,13H2,1-5H3,(H,22,24)/t18-/m0/s1. The normalized spacial score (nSPS) is 18.0. The van der Waals surface area contributed by atoms with Crippen LogP contribution in [-0.4, -0.2) is 33.2 Å². The lowest BCUT2D eigenvalue weighted by Gasteiger charge is -2.38. The molecule has 6 nitrogen and oxygen atoms in total. The Labute approximate surface area is 166 Å². The van der Waals surface area contributed by atoms with Crippen LogP contribution >= 0.6 is 0 Å². The molecule has 0 saturated carbocycles. The van der Waals surface area contributed by atoms with Crippen LogP contribution in [0.5, 0.6) is 5.75 Å². The number of ether oxygens (including phenoxy) is 1. The van der Waals surface area contributed by atoms with Crippen molar-refractivity contribution < 1.29 is 17.9 Å². The number of carbonyl (C=O) groups excluding carboxylic acids is 1. The van der Waals surface area contributed by atoms with E-state index in [1.165, 1.54) is 7.05 Å². The molecular weight excluding hydrogens is 376 g/mol. The van der Waals surface area contributed by atoms with Crippen LogP contribution in [-0.2, 0) is 10.0 Å². The van der Waals surface area contributed by atoms with Crippen LogP contribution in [0.25, 0.3) is 0 Å². The van der Waals surface area contributed by atoms with E-state index in [9.17, 15) is 13.2 Å². The highest BCUT2D eigenvalue weighted by Crippen LogP contribution is 2.40. The van der Waals surface area contributed by atoms with Gasteiger partial charge >= 0.3 is 0 Å². The summed E-state index contributed by atoms with van der Waals surface area (Å²) in [5, 5.41) is 3.09. The van der Waals surface area contributed by atoms with Gasteiger partial charge in [0, 0.05) is 24.6 Å². The van der Waals surface area contributed by atoms with Crippen LogP contribution in [0.15, 0.2) is 42.5 Å². The minimum atomic E-state index is -3.40. The maximum absolute atomic E-state index is 12.9. The fraction of sp³-hybridized carbons (Fsp3) is 0.381. The third-order valence-electron chi connectivity index (χ3n) is 4.90. The molecule has 7 heteroatoms. The minimum absolute atomic E-state index is 0.192. The summed E-state index contributed by atoms with van der Waals surface area (Å²) in [5.41, 5.74) is 2.50. The first-order chi connectivity index (χ1) is 13.0. The Balaban J connectivity index is 1.89. The zero-order chi connectivity index (χ0) is 20.7. The molecule has 1 heterocycles. The molecule has 1 aliphatic heterocycles. The molecule has 1 amide bonds. The number of anilines is 1. The third kappa shape index (κ3) is 4.30. The summed E-state index contributed by atoms with van der Waals surface area (Å²) in [6, 6.07) is 12.4. The second-order valence-corrected chi connectivity index (χ2v) is 9.93. The van der Waals surface area contributed by atoms with E-state index in [-0.39, 0.29) is 11.9 Å². The van der Waals surface area contributed by atoms with Crippen molar-refractivity contribution in [1.82, 2.24) is 5.32 Å². The number of rotatable bonds is 4. The zero-order valence-corrected chi connectivity index (χ0v) is 17.6. The summed E-state index contributed by atoms with van der Waals surface area (Å²) >= 11 is 0. The van der Waals surface area contributed by atoms with Crippen LogP contribution in [0.2, 0.25) is 0 Å². The van der Waals surface area contributed by atoms with Crippen molar-refractivity contribution in [3.63, 3.8) is 0 Å². The van der Waals surface area contributed by atoms with Gasteiger partial charge in [0.25, 0.3) is 5.91 Å². The fourth-order valence-corrected chi connectivity index (χ4v) is 3.88. The predicted octanol–water partition coefficient (Wildman–Crippen LogP) is 3.42. The number of hydrogen-bond acceptors (Lipinski definition) is 4. The number of fused-ring (bicyclic) bond motifs is 1. The lowest BCUT2D eigenvalue weighted by molar-refractivity contribution is 0.0619. The average Bonchev–Trinajstić information content (AvgIpc) is 2.60. The number of carbonyl (C=O) groups is 1. The highest BCUT2D eigenvalue weighted by atomic mass is 32.2. The molecule has 0 fully saturated rings. The molecule has 0 aliphatic carbocycles. The number of benzene rings is 2. The predicted molar refractivity (Wildman–Crippen MR) is 110 cm³/mol. The Hall–Kier alpha value is -2.54. The molecule has 0 saturated heterocycles. The molecule has 1 aliphatic rings. The van der Waals surface area contributed by atoms with Gasteiger partial charge in [0.15, 0.2) is 0 Å². The molecule has 1 N–H and O–H groups in total. The van der Waals surface area contributed by atoms with Crippen molar-refractivity contribution in [3.8, 4) is 5.75 Å². The lowest BCUT2D eigenvalue weighted by atomic mass is 9.88. The molecule has 0 radical (unpaired) electrons. The van der Waals surface area contributed by atoms with E-state index >= 15 is 0 Å². The van der Waals surface area contributed by atoms with Crippen molar-refractivity contribution >= 4 is 21.6 Å². The van der Waals surface area contributed by atoms with E-state index in [0.29, 0.717) is 17.7 Å². The lowest BCUT2D eigenvalue weighted by Crippen LogP contribution is -2.41. The number of aryl methyl sites for hydroxylation is 1. The molecule has 1 atom stereocenters. The van der Waals surface area contributed by atoms with Gasteiger partial charge in [-0.1, -0.05) is 23.8 Å². The van der Waals surface area contributed by atoms with E-state index in [1.807, 2.05) is 39.0 Å². The van der Waals surface area contributed by atoms with Crippen molar-refractivity contribution in [3.05, 3.63) is 59.2 Å². The summed E-state index contributed by atoms with van der Waals surface area (Å²) in [5.74, 6) is 0.525. The summed E-state index contributed by atoms with van der Waals surface area (Å²) in [4.78, 5) is 12.9. The molecule has 0 bridgehead atoms. The molecule has 0 unspecified atom stereocenters. The van der Waals surface area contributed by atoms with Crippen LogP contribution < -0.4 is 14.4 Å². The third-order valence-corrected chi connectivity index (χ3v) is 6.10. The number of amides is 1. The Morgan fingerprint density at radius 3 is 2.61 bits per heavy atom. The Kier molecular flexibility index (Phi) is 5.14. The molecular formula is C21H26N2O4S. The van der Waals surface area contributed by atoms with Crippen LogP contribution in [0.3, 0.4) is 0 Å². The van der Waals surface area contributed by atoms with Gasteiger partial charge in [-0.05, 0) is 45.0 Å². The molecule has 150 valence electrons. The largest absolute Gasteiger partial charge is 0.487 e. The summed E-state index contributed by atoms with van der Waals surface area (Å²) in [6.45, 7) is 6.00. The molecule has 28 heavy (non-hydrogen) atoms. The van der Waals surface area contributed by atoms with Crippen LogP contribution in [0.1, 0.15) is 47.8 Å². The van der Waals surface area contributed by atoms with Crippen LogP contribution in [0, 0.1) is 6.92 Å². The maximum Gasteiger partial charge on any atom is 0.251 e. The monoisotopic (exact) mass is 402 g/mol. The van der Waals surface area contributed by atoms with E-state index in [1.54, 1.807) is 24.3 Å². The van der Waals surface area contributed by atoms with Gasteiger partial charge in [0.2, 0.25) is 10.0 Å². The summed E-state index contributed by atoms with van der Waals surface area (Å²) in [6.07, 6.45) is 1.77. The van der Waals surface area contributed by atoms with Crippen molar-refractivity contribution in [1.29, 1.82) is 0 Å². The molecule has 0 spiro atoms. The first kappa shape index (κ1) is 20.2. The quantitative estimate of drug-likeness (QED) is 0.850. The van der Waals surface area contributed by atoms with Crippen LogP contribution in [0.4, 0.5) is 5.69 Å². The highest BCUT2D eigenvalue weighted by molar-refractivity contribution is 7.92. The smallest absolute Gasteiger partial charge is 0.251 e. The highest BCUT2D eigenvalue weighted by Gasteiger charge is 2.34. The van der Waals surface area contributed by atoms with E-state index in [0.717, 1.165) is 27.4 Å². The van der Waals surface area contributed by atoms with Gasteiger partial charge in [-0.2, -0.15) is 0 Å². The van der Waals surface area contributed by atoms with E-state index in [4.69, 9.17) is 4.74 Å². The number of nitrogens with zero attached hydrogens (tertiary/aromatic N) is 1. The van der Waals surface area contributed by atoms with E-state index in [2.05, 4.69) is 5.32 Å². The van der Waals surface area contributed by atoms with Crippen molar-refractivity contribution in [2.75, 3.05) is 17.6 Å². The van der Waals surface area contributed by atoms with Gasteiger partial charge in [0.05, 0.1) is 18.0 Å². The first-order valence-electron chi connectivity index (χ1n) is 9.11. The number of sulfonamides is 1. The molecule has 2 aromatic carbocycles. The Morgan fingerprint density at radius 2 is 1.93 bits per heavy atom. The van der Waals surface area contributed by atoms with Crippen molar-refractivity contribution in [2.24, 2.45) is 0 Å². The zero-order valence-electron chi connectivity index (χ0n) is 16.8. The second kappa shape index (κ2) is 7.13. The molecule has 2 aromatic rings. The van der Waals surface area contributed by atoms with Gasteiger partial charge in [-0.3, -0.25) is 9.10 Å². The SMILES string of the molecule is Cc1ccc2c(c1)[C@@H](NC(=O)c1cccc(N(C)S(C)(=O)=O)c1)CC(C)(C)O2. The van der Waals surface area contributed by atoms with Crippen molar-refractivity contribution in [2.45, 2.75) is 38.8 Å². The number of nitrogens with one attached hydrogen (secondary N) is 1. The Morgan fingerprint density at radius 1 is 1.21 bits per heavy atom. The Bertz CT molecular complexity index is 1010. The average molecular weight is 403 g/mol. The summed E-state index contributed by atoms with van der Waals surface area (Å²) < 4.78 is 30.8. The number of hydrogen-bond donors (Lipinski definition) is 1. The topological polar surface area (TPSA) is 75.7 Å². The summed E-state index contributed by atoms with van der Waals surface area (Å²) in [7, 11) is -1.94. The maximum atomic E-state index is 12.9. The van der Waals surface area contributed by atoms with Gasteiger partial charge in [-0.15, -0.1) is 0 Å². The fourth-order valence-electron chi connectivity index (χ4n) is 3.38. The molecule has 3 rings (SSSR count). The minimum Gasteiger partial charge on any atom is -0.487 e. The van der Waals surface area contributed by atoms with Gasteiger partial charge in [-0.25, -0.2) is 8.42 Å². The van der Waals surface area contributed by atoms with E-state index < -0.39 is 15.6 Å². The van der Waals surface area contributed by atoms with Gasteiger partial charge in [0.1, 0.15) is 11.4 Å². The first-order valence-corrected chi connectivity index (χ1v) is 11.0. The van der Waals surface area contributed by atoms with Gasteiger partial charge < -0.3 is 10.1 Å². The molecule has 0 aromatic heterocycles.